The molecule has 1 unspecified atom stereocenters. The number of nitrogens with one attached hydrogen (secondary N) is 1. The maximum atomic E-state index is 11.1. The van der Waals surface area contributed by atoms with E-state index < -0.39 is 0 Å². The van der Waals surface area contributed by atoms with E-state index in [1.165, 1.54) is 30.2 Å². The predicted octanol–water partition coefficient (Wildman–Crippen LogP) is 2.10. The van der Waals surface area contributed by atoms with Gasteiger partial charge in [-0.05, 0) is 44.0 Å². The van der Waals surface area contributed by atoms with E-state index >= 15 is 0 Å². The fourth-order valence-corrected chi connectivity index (χ4v) is 3.33. The second kappa shape index (κ2) is 7.13. The highest BCUT2D eigenvalue weighted by atomic mass is 16.1. The van der Waals surface area contributed by atoms with Crippen LogP contribution in [0.4, 0.5) is 0 Å². The SMILES string of the molecule is CC(=O)NCc1cc(C2CCCN2Cc2cnn(C)c2C)ccn1. The van der Waals surface area contributed by atoms with Crippen molar-refractivity contribution in [1.29, 1.82) is 0 Å². The zero-order valence-corrected chi connectivity index (χ0v) is 14.6. The Morgan fingerprint density at radius 3 is 3.00 bits per heavy atom. The van der Waals surface area contributed by atoms with Gasteiger partial charge in [0.2, 0.25) is 5.91 Å². The first-order valence-electron chi connectivity index (χ1n) is 8.45. The maximum absolute atomic E-state index is 11.1. The van der Waals surface area contributed by atoms with Crippen molar-refractivity contribution in [1.82, 2.24) is 25.0 Å². The van der Waals surface area contributed by atoms with Crippen molar-refractivity contribution < 1.29 is 4.79 Å². The van der Waals surface area contributed by atoms with Gasteiger partial charge in [0.1, 0.15) is 0 Å². The fraction of sp³-hybridized carbons (Fsp3) is 0.500. The molecule has 0 bridgehead atoms. The van der Waals surface area contributed by atoms with Gasteiger partial charge in [-0.25, -0.2) is 0 Å². The molecule has 3 heterocycles. The summed E-state index contributed by atoms with van der Waals surface area (Å²) in [4.78, 5) is 18.0. The highest BCUT2D eigenvalue weighted by molar-refractivity contribution is 5.72. The maximum Gasteiger partial charge on any atom is 0.217 e. The average molecular weight is 327 g/mol. The minimum atomic E-state index is -0.0308. The number of carbonyl (C=O) groups excluding carboxylic acids is 1. The number of amides is 1. The van der Waals surface area contributed by atoms with Crippen LogP contribution in [0.25, 0.3) is 0 Å². The van der Waals surface area contributed by atoms with Crippen LogP contribution in [0.1, 0.15) is 48.3 Å². The number of likely N-dealkylation sites (tertiary alicyclic amines) is 1. The van der Waals surface area contributed by atoms with Crippen LogP contribution < -0.4 is 5.32 Å². The van der Waals surface area contributed by atoms with E-state index in [0.29, 0.717) is 12.6 Å². The van der Waals surface area contributed by atoms with E-state index in [1.807, 2.05) is 24.1 Å². The van der Waals surface area contributed by atoms with Crippen LogP contribution in [-0.4, -0.2) is 32.1 Å². The Bertz CT molecular complexity index is 724. The molecule has 1 aliphatic heterocycles. The minimum Gasteiger partial charge on any atom is -0.351 e. The lowest BCUT2D eigenvalue weighted by Gasteiger charge is -2.25. The first-order chi connectivity index (χ1) is 11.5. The lowest BCUT2D eigenvalue weighted by atomic mass is 10.0. The molecule has 2 aromatic heterocycles. The normalized spacial score (nSPS) is 18.0. The lowest BCUT2D eigenvalue weighted by Crippen LogP contribution is -2.24. The van der Waals surface area contributed by atoms with Gasteiger partial charge in [-0.1, -0.05) is 0 Å². The molecule has 0 aromatic carbocycles. The number of aryl methyl sites for hydroxylation is 1. The van der Waals surface area contributed by atoms with E-state index in [2.05, 4.69) is 39.4 Å². The summed E-state index contributed by atoms with van der Waals surface area (Å²) in [5.74, 6) is -0.0308. The number of carbonyl (C=O) groups is 1. The van der Waals surface area contributed by atoms with Gasteiger partial charge >= 0.3 is 0 Å². The number of rotatable bonds is 5. The molecule has 2 aromatic rings. The minimum absolute atomic E-state index is 0.0308. The summed E-state index contributed by atoms with van der Waals surface area (Å²) < 4.78 is 1.93. The first kappa shape index (κ1) is 16.6. The van der Waals surface area contributed by atoms with Gasteiger partial charge in [0.25, 0.3) is 0 Å². The lowest BCUT2D eigenvalue weighted by molar-refractivity contribution is -0.119. The molecular weight excluding hydrogens is 302 g/mol. The number of pyridine rings is 1. The van der Waals surface area contributed by atoms with Crippen molar-refractivity contribution in [2.24, 2.45) is 7.05 Å². The summed E-state index contributed by atoms with van der Waals surface area (Å²) in [6.45, 7) is 6.15. The summed E-state index contributed by atoms with van der Waals surface area (Å²) >= 11 is 0. The van der Waals surface area contributed by atoms with Crippen LogP contribution in [0.3, 0.4) is 0 Å². The molecule has 1 atom stereocenters. The second-order valence-corrected chi connectivity index (χ2v) is 6.50. The molecule has 24 heavy (non-hydrogen) atoms. The molecule has 1 saturated heterocycles. The molecule has 3 rings (SSSR count). The summed E-state index contributed by atoms with van der Waals surface area (Å²) in [7, 11) is 1.98. The topological polar surface area (TPSA) is 63.1 Å². The standard InChI is InChI=1S/C18H25N5O/c1-13-16(10-21-22(13)3)12-23-8-4-5-18(23)15-6-7-19-17(9-15)11-20-14(2)24/h6-7,9-10,18H,4-5,8,11-12H2,1-3H3,(H,20,24). The van der Waals surface area contributed by atoms with E-state index in [1.54, 1.807) is 0 Å². The second-order valence-electron chi connectivity index (χ2n) is 6.50. The van der Waals surface area contributed by atoms with Crippen LogP contribution in [-0.2, 0) is 24.9 Å². The zero-order chi connectivity index (χ0) is 17.1. The summed E-state index contributed by atoms with van der Waals surface area (Å²) in [6.07, 6.45) is 6.17. The van der Waals surface area contributed by atoms with Crippen molar-refractivity contribution >= 4 is 5.91 Å². The van der Waals surface area contributed by atoms with Crippen molar-refractivity contribution in [2.45, 2.75) is 45.8 Å². The highest BCUT2D eigenvalue weighted by Crippen LogP contribution is 2.33. The van der Waals surface area contributed by atoms with Crippen LogP contribution >= 0.6 is 0 Å². The molecule has 1 amide bonds. The van der Waals surface area contributed by atoms with Gasteiger partial charge in [0.15, 0.2) is 0 Å². The number of nitrogens with zero attached hydrogens (tertiary/aromatic N) is 4. The third-order valence-corrected chi connectivity index (χ3v) is 4.82. The molecule has 0 saturated carbocycles. The molecular formula is C18H25N5O. The Hall–Kier alpha value is -2.21. The van der Waals surface area contributed by atoms with Crippen molar-refractivity contribution in [3.05, 3.63) is 47.0 Å². The van der Waals surface area contributed by atoms with Crippen LogP contribution in [0.15, 0.2) is 24.5 Å². The number of hydrogen-bond donors (Lipinski definition) is 1. The molecule has 0 spiro atoms. The predicted molar refractivity (Wildman–Crippen MR) is 92.1 cm³/mol. The average Bonchev–Trinajstić information content (AvgIpc) is 3.15. The Kier molecular flexibility index (Phi) is 4.94. The van der Waals surface area contributed by atoms with Crippen LogP contribution in [0.2, 0.25) is 0 Å². The number of hydrogen-bond acceptors (Lipinski definition) is 4. The summed E-state index contributed by atoms with van der Waals surface area (Å²) in [5.41, 5.74) is 4.70. The molecule has 0 aliphatic carbocycles. The Balaban J connectivity index is 1.74. The smallest absolute Gasteiger partial charge is 0.217 e. The summed E-state index contributed by atoms with van der Waals surface area (Å²) in [6, 6.07) is 4.62. The monoisotopic (exact) mass is 327 g/mol. The Morgan fingerprint density at radius 2 is 2.29 bits per heavy atom. The molecule has 1 N–H and O–H groups in total. The zero-order valence-electron chi connectivity index (χ0n) is 14.6. The molecule has 1 fully saturated rings. The van der Waals surface area contributed by atoms with Crippen molar-refractivity contribution in [3.8, 4) is 0 Å². The Morgan fingerprint density at radius 1 is 1.46 bits per heavy atom. The van der Waals surface area contributed by atoms with Gasteiger partial charge < -0.3 is 5.32 Å². The van der Waals surface area contributed by atoms with E-state index in [0.717, 1.165) is 25.2 Å². The molecule has 1 aliphatic rings. The molecule has 0 radical (unpaired) electrons. The number of aromatic nitrogens is 3. The fourth-order valence-electron chi connectivity index (χ4n) is 3.33. The van der Waals surface area contributed by atoms with E-state index in [9.17, 15) is 4.79 Å². The van der Waals surface area contributed by atoms with Gasteiger partial charge in [0.05, 0.1) is 18.4 Å². The molecule has 128 valence electrons. The highest BCUT2D eigenvalue weighted by Gasteiger charge is 2.27. The van der Waals surface area contributed by atoms with Gasteiger partial charge in [-0.15, -0.1) is 0 Å². The van der Waals surface area contributed by atoms with Gasteiger partial charge in [0, 0.05) is 44.0 Å². The summed E-state index contributed by atoms with van der Waals surface area (Å²) in [5, 5.41) is 7.17. The van der Waals surface area contributed by atoms with E-state index in [-0.39, 0.29) is 5.91 Å². The first-order valence-corrected chi connectivity index (χ1v) is 8.45. The largest absolute Gasteiger partial charge is 0.351 e. The quantitative estimate of drug-likeness (QED) is 0.913. The molecule has 6 heteroatoms. The third kappa shape index (κ3) is 3.64. The Labute approximate surface area is 142 Å². The van der Waals surface area contributed by atoms with Gasteiger partial charge in [-0.3, -0.25) is 19.4 Å². The third-order valence-electron chi connectivity index (χ3n) is 4.82. The van der Waals surface area contributed by atoms with Crippen molar-refractivity contribution in [2.75, 3.05) is 6.54 Å². The van der Waals surface area contributed by atoms with Crippen LogP contribution in [0, 0.1) is 6.92 Å². The van der Waals surface area contributed by atoms with Gasteiger partial charge in [-0.2, -0.15) is 5.10 Å². The van der Waals surface area contributed by atoms with E-state index in [4.69, 9.17) is 0 Å². The molecule has 6 nitrogen and oxygen atoms in total. The van der Waals surface area contributed by atoms with Crippen LogP contribution in [0.5, 0.6) is 0 Å². The van der Waals surface area contributed by atoms with Crippen molar-refractivity contribution in [3.63, 3.8) is 0 Å².